The fourth-order valence-electron chi connectivity index (χ4n) is 1.42. The van der Waals surface area contributed by atoms with Gasteiger partial charge in [0.15, 0.2) is 5.82 Å². The highest BCUT2D eigenvalue weighted by atomic mass is 79.9. The lowest BCUT2D eigenvalue weighted by Gasteiger charge is -2.05. The third-order valence-corrected chi connectivity index (χ3v) is 3.05. The van der Waals surface area contributed by atoms with E-state index in [1.807, 2.05) is 0 Å². The van der Waals surface area contributed by atoms with Gasteiger partial charge in [-0.2, -0.15) is 0 Å². The van der Waals surface area contributed by atoms with Crippen LogP contribution in [0.5, 0.6) is 0 Å². The molecule has 0 amide bonds. The number of carbonyl (C=O) groups excluding carboxylic acids is 1. The molecule has 0 unspecified atom stereocenters. The number of aromatic nitrogens is 1. The van der Waals surface area contributed by atoms with Crippen molar-refractivity contribution in [2.75, 3.05) is 7.11 Å². The molecule has 17 heavy (non-hydrogen) atoms. The maximum Gasteiger partial charge on any atom is 0.356 e. The van der Waals surface area contributed by atoms with Crippen LogP contribution in [0, 0.1) is 5.82 Å². The smallest absolute Gasteiger partial charge is 0.356 e. The van der Waals surface area contributed by atoms with Crippen molar-refractivity contribution >= 4 is 44.4 Å². The highest BCUT2D eigenvalue weighted by molar-refractivity contribution is 9.10. The fourth-order valence-corrected chi connectivity index (χ4v) is 2.15. The molecule has 1 aromatic heterocycles. The van der Waals surface area contributed by atoms with E-state index in [9.17, 15) is 9.18 Å². The molecule has 3 nitrogen and oxygen atoms in total. The van der Waals surface area contributed by atoms with Gasteiger partial charge in [0.1, 0.15) is 11.2 Å². The van der Waals surface area contributed by atoms with E-state index in [0.717, 1.165) is 6.07 Å². The molecule has 1 aromatic carbocycles. The van der Waals surface area contributed by atoms with Gasteiger partial charge in [-0.15, -0.1) is 0 Å². The molecule has 0 spiro atoms. The standard InChI is InChI=1S/C11H6BrClFNO2/c1-17-11(16)9-4-7(12)6-2-5(13)3-8(14)10(6)15-9/h2-4H,1H3. The van der Waals surface area contributed by atoms with Gasteiger partial charge in [-0.05, 0) is 18.2 Å². The topological polar surface area (TPSA) is 39.2 Å². The number of esters is 1. The summed E-state index contributed by atoms with van der Waals surface area (Å²) in [6, 6.07) is 4.17. The molecule has 88 valence electrons. The maximum atomic E-state index is 13.7. The molecule has 0 aliphatic carbocycles. The number of halogens is 3. The third-order valence-electron chi connectivity index (χ3n) is 2.18. The number of rotatable bonds is 1. The summed E-state index contributed by atoms with van der Waals surface area (Å²) in [5, 5.41) is 0.769. The second-order valence-electron chi connectivity index (χ2n) is 3.26. The molecule has 2 aromatic rings. The summed E-state index contributed by atoms with van der Waals surface area (Å²) >= 11 is 8.99. The molecule has 0 saturated heterocycles. The molecule has 1 heterocycles. The Hall–Kier alpha value is -1.20. The predicted molar refractivity (Wildman–Crippen MR) is 65.8 cm³/mol. The first-order valence-corrected chi connectivity index (χ1v) is 5.73. The van der Waals surface area contributed by atoms with E-state index in [4.69, 9.17) is 11.6 Å². The van der Waals surface area contributed by atoms with Crippen molar-refractivity contribution in [2.45, 2.75) is 0 Å². The van der Waals surface area contributed by atoms with Crippen LogP contribution in [0.3, 0.4) is 0 Å². The second-order valence-corrected chi connectivity index (χ2v) is 4.56. The van der Waals surface area contributed by atoms with Gasteiger partial charge in [0, 0.05) is 14.9 Å². The molecule has 0 fully saturated rings. The molecular formula is C11H6BrClFNO2. The largest absolute Gasteiger partial charge is 0.464 e. The summed E-state index contributed by atoms with van der Waals surface area (Å²) in [5.74, 6) is -1.21. The number of hydrogen-bond acceptors (Lipinski definition) is 3. The quantitative estimate of drug-likeness (QED) is 0.755. The van der Waals surface area contributed by atoms with Crippen LogP contribution < -0.4 is 0 Å². The number of carbonyl (C=O) groups is 1. The number of nitrogens with zero attached hydrogens (tertiary/aromatic N) is 1. The first-order chi connectivity index (χ1) is 8.02. The van der Waals surface area contributed by atoms with E-state index in [1.54, 1.807) is 6.07 Å². The van der Waals surface area contributed by atoms with E-state index in [-0.39, 0.29) is 16.2 Å². The number of benzene rings is 1. The molecule has 0 aliphatic heterocycles. The molecule has 2 rings (SSSR count). The average molecular weight is 319 g/mol. The van der Waals surface area contributed by atoms with Crippen LogP contribution in [0.15, 0.2) is 22.7 Å². The summed E-state index contributed by atoms with van der Waals surface area (Å²) < 4.78 is 18.7. The number of hydrogen-bond donors (Lipinski definition) is 0. The van der Waals surface area contributed by atoms with Gasteiger partial charge < -0.3 is 4.74 Å². The number of methoxy groups -OCH3 is 1. The Bertz CT molecular complexity index is 618. The molecule has 0 saturated carbocycles. The lowest BCUT2D eigenvalue weighted by atomic mass is 10.2. The van der Waals surface area contributed by atoms with E-state index >= 15 is 0 Å². The van der Waals surface area contributed by atoms with E-state index < -0.39 is 11.8 Å². The lowest BCUT2D eigenvalue weighted by Crippen LogP contribution is -2.05. The minimum absolute atomic E-state index is 0.0353. The second kappa shape index (κ2) is 4.58. The highest BCUT2D eigenvalue weighted by Gasteiger charge is 2.14. The first kappa shape index (κ1) is 12.3. The van der Waals surface area contributed by atoms with Crippen LogP contribution in [0.25, 0.3) is 10.9 Å². The third kappa shape index (κ3) is 2.25. The summed E-state index contributed by atoms with van der Waals surface area (Å²) in [6.07, 6.45) is 0. The SMILES string of the molecule is COC(=O)c1cc(Br)c2cc(Cl)cc(F)c2n1. The molecule has 0 radical (unpaired) electrons. The minimum Gasteiger partial charge on any atom is -0.464 e. The molecule has 6 heteroatoms. The van der Waals surface area contributed by atoms with Gasteiger partial charge in [-0.25, -0.2) is 14.2 Å². The zero-order valence-corrected chi connectivity index (χ0v) is 11.0. The summed E-state index contributed by atoms with van der Waals surface area (Å²) in [6.45, 7) is 0. The Morgan fingerprint density at radius 1 is 1.47 bits per heavy atom. The monoisotopic (exact) mass is 317 g/mol. The molecule has 0 N–H and O–H groups in total. The fraction of sp³-hybridized carbons (Fsp3) is 0.0909. The van der Waals surface area contributed by atoms with E-state index in [1.165, 1.54) is 13.2 Å². The highest BCUT2D eigenvalue weighted by Crippen LogP contribution is 2.28. The van der Waals surface area contributed by atoms with E-state index in [2.05, 4.69) is 25.7 Å². The normalized spacial score (nSPS) is 10.6. The average Bonchev–Trinajstić information content (AvgIpc) is 2.29. The summed E-state index contributed by atoms with van der Waals surface area (Å²) in [5.41, 5.74) is 0.109. The van der Waals surface area contributed by atoms with Crippen LogP contribution in [0.2, 0.25) is 5.02 Å². The van der Waals surface area contributed by atoms with Crippen LogP contribution in [-0.4, -0.2) is 18.1 Å². The van der Waals surface area contributed by atoms with Crippen LogP contribution in [-0.2, 0) is 4.74 Å². The van der Waals surface area contributed by atoms with Gasteiger partial charge in [-0.1, -0.05) is 27.5 Å². The molecule has 0 atom stereocenters. The van der Waals surface area contributed by atoms with Gasteiger partial charge in [0.25, 0.3) is 0 Å². The number of fused-ring (bicyclic) bond motifs is 1. The number of pyridine rings is 1. The van der Waals surface area contributed by atoms with Crippen molar-refractivity contribution in [3.05, 3.63) is 39.2 Å². The van der Waals surface area contributed by atoms with Crippen molar-refractivity contribution < 1.29 is 13.9 Å². The van der Waals surface area contributed by atoms with Gasteiger partial charge >= 0.3 is 5.97 Å². The van der Waals surface area contributed by atoms with Crippen molar-refractivity contribution in [2.24, 2.45) is 0 Å². The van der Waals surface area contributed by atoms with Crippen LogP contribution >= 0.6 is 27.5 Å². The molecule has 0 bridgehead atoms. The minimum atomic E-state index is -0.623. The zero-order valence-electron chi connectivity index (χ0n) is 8.63. The van der Waals surface area contributed by atoms with Crippen molar-refractivity contribution in [1.29, 1.82) is 0 Å². The Morgan fingerprint density at radius 2 is 2.18 bits per heavy atom. The number of ether oxygens (including phenoxy) is 1. The summed E-state index contributed by atoms with van der Waals surface area (Å²) in [4.78, 5) is 15.2. The van der Waals surface area contributed by atoms with E-state index in [0.29, 0.717) is 9.86 Å². The molecule has 0 aliphatic rings. The van der Waals surface area contributed by atoms with Crippen LogP contribution in [0.1, 0.15) is 10.5 Å². The van der Waals surface area contributed by atoms with Crippen molar-refractivity contribution in [3.63, 3.8) is 0 Å². The Labute approximate surface area is 110 Å². The summed E-state index contributed by atoms with van der Waals surface area (Å²) in [7, 11) is 1.24. The Balaban J connectivity index is 2.77. The van der Waals surface area contributed by atoms with Gasteiger partial charge in [0.05, 0.1) is 7.11 Å². The molecular weight excluding hydrogens is 312 g/mol. The maximum absolute atomic E-state index is 13.7. The van der Waals surface area contributed by atoms with Crippen LogP contribution in [0.4, 0.5) is 4.39 Å². The van der Waals surface area contributed by atoms with Crippen molar-refractivity contribution in [1.82, 2.24) is 4.98 Å². The first-order valence-electron chi connectivity index (χ1n) is 4.56. The lowest BCUT2D eigenvalue weighted by molar-refractivity contribution is 0.0594. The Kier molecular flexibility index (Phi) is 3.31. The van der Waals surface area contributed by atoms with Gasteiger partial charge in [0.2, 0.25) is 0 Å². The Morgan fingerprint density at radius 3 is 2.82 bits per heavy atom. The van der Waals surface area contributed by atoms with Crippen molar-refractivity contribution in [3.8, 4) is 0 Å². The predicted octanol–water partition coefficient (Wildman–Crippen LogP) is 3.58. The zero-order chi connectivity index (χ0) is 12.6. The van der Waals surface area contributed by atoms with Gasteiger partial charge in [-0.3, -0.25) is 0 Å².